The van der Waals surface area contributed by atoms with Gasteiger partial charge in [0.25, 0.3) is 5.91 Å². The van der Waals surface area contributed by atoms with E-state index < -0.39 is 30.3 Å². The lowest BCUT2D eigenvalue weighted by Gasteiger charge is -2.14. The highest BCUT2D eigenvalue weighted by Gasteiger charge is 2.25. The van der Waals surface area contributed by atoms with Crippen molar-refractivity contribution >= 4 is 52.0 Å². The third-order valence-electron chi connectivity index (χ3n) is 2.47. The van der Waals surface area contributed by atoms with Gasteiger partial charge >= 0.3 is 11.9 Å². The zero-order valence-corrected chi connectivity index (χ0v) is 13.6. The van der Waals surface area contributed by atoms with Crippen LogP contribution < -0.4 is 10.1 Å². The monoisotopic (exact) mass is 427 g/mol. The molecule has 0 bridgehead atoms. The maximum absolute atomic E-state index is 12.1. The molecule has 1 amide bonds. The predicted molar refractivity (Wildman–Crippen MR) is 81.9 cm³/mol. The van der Waals surface area contributed by atoms with Crippen LogP contribution in [0, 0.1) is 3.57 Å². The fourth-order valence-electron chi connectivity index (χ4n) is 1.49. The second-order valence-corrected chi connectivity index (χ2v) is 5.50. The SMILES string of the molecule is COc1cc(I)c(Cl)cc1C(=O)NC(CC(=O)O)C(=O)O. The Hall–Kier alpha value is -1.55. The van der Waals surface area contributed by atoms with E-state index in [0.29, 0.717) is 8.59 Å². The molecule has 0 saturated carbocycles. The molecule has 3 N–H and O–H groups in total. The van der Waals surface area contributed by atoms with Gasteiger partial charge in [-0.05, 0) is 34.7 Å². The second kappa shape index (κ2) is 7.46. The first-order chi connectivity index (χ1) is 9.76. The van der Waals surface area contributed by atoms with Gasteiger partial charge in [-0.2, -0.15) is 0 Å². The van der Waals surface area contributed by atoms with Gasteiger partial charge in [-0.25, -0.2) is 4.79 Å². The van der Waals surface area contributed by atoms with Crippen LogP contribution >= 0.6 is 34.2 Å². The molecule has 1 aromatic rings. The van der Waals surface area contributed by atoms with E-state index in [9.17, 15) is 14.4 Å². The summed E-state index contributed by atoms with van der Waals surface area (Å²) in [5.74, 6) is -3.35. The average Bonchev–Trinajstić information content (AvgIpc) is 2.39. The number of amides is 1. The molecule has 0 aliphatic rings. The van der Waals surface area contributed by atoms with E-state index in [1.54, 1.807) is 0 Å². The smallest absolute Gasteiger partial charge is 0.326 e. The summed E-state index contributed by atoms with van der Waals surface area (Å²) in [6.45, 7) is 0. The Morgan fingerprint density at radius 2 is 2.00 bits per heavy atom. The molecule has 9 heteroatoms. The predicted octanol–water partition coefficient (Wildman–Crippen LogP) is 1.61. The molecule has 1 rings (SSSR count). The molecule has 1 aromatic carbocycles. The summed E-state index contributed by atoms with van der Waals surface area (Å²) in [5, 5.41) is 20.0. The summed E-state index contributed by atoms with van der Waals surface area (Å²) in [4.78, 5) is 33.6. The Bertz CT molecular complexity index is 591. The molecule has 114 valence electrons. The van der Waals surface area contributed by atoms with Crippen LogP contribution in [0.1, 0.15) is 16.8 Å². The second-order valence-electron chi connectivity index (χ2n) is 3.93. The van der Waals surface area contributed by atoms with Crippen LogP contribution in [-0.2, 0) is 9.59 Å². The first-order valence-corrected chi connectivity index (χ1v) is 7.00. The first kappa shape index (κ1) is 17.5. The van der Waals surface area contributed by atoms with Crippen molar-refractivity contribution in [2.24, 2.45) is 0 Å². The number of carbonyl (C=O) groups is 3. The van der Waals surface area contributed by atoms with Crippen molar-refractivity contribution in [2.45, 2.75) is 12.5 Å². The summed E-state index contributed by atoms with van der Waals surface area (Å²) >= 11 is 7.87. The number of carboxylic acid groups (broad SMARTS) is 2. The van der Waals surface area contributed by atoms with Gasteiger partial charge in [-0.1, -0.05) is 11.6 Å². The third kappa shape index (κ3) is 4.74. The van der Waals surface area contributed by atoms with E-state index in [-0.39, 0.29) is 11.3 Å². The van der Waals surface area contributed by atoms with Gasteiger partial charge in [0.15, 0.2) is 0 Å². The molecule has 0 aliphatic carbocycles. The highest BCUT2D eigenvalue weighted by molar-refractivity contribution is 14.1. The Kier molecular flexibility index (Phi) is 6.21. The van der Waals surface area contributed by atoms with Gasteiger partial charge in [0.1, 0.15) is 11.8 Å². The molecule has 1 atom stereocenters. The van der Waals surface area contributed by atoms with E-state index in [2.05, 4.69) is 5.32 Å². The maximum atomic E-state index is 12.1. The van der Waals surface area contributed by atoms with Crippen molar-refractivity contribution in [1.29, 1.82) is 0 Å². The Morgan fingerprint density at radius 3 is 2.48 bits per heavy atom. The number of rotatable bonds is 6. The number of aliphatic carboxylic acids is 2. The van der Waals surface area contributed by atoms with Gasteiger partial charge in [0.05, 0.1) is 24.1 Å². The standard InChI is InChI=1S/C12H11ClINO6/c1-21-9-3-7(14)6(13)2-5(9)11(18)15-8(12(19)20)4-10(16)17/h2-3,8H,4H2,1H3,(H,15,18)(H,16,17)(H,19,20). The highest BCUT2D eigenvalue weighted by Crippen LogP contribution is 2.28. The Labute approximate surface area is 138 Å². The van der Waals surface area contributed by atoms with Crippen LogP contribution in [0.2, 0.25) is 5.02 Å². The fraction of sp³-hybridized carbons (Fsp3) is 0.250. The Morgan fingerprint density at radius 1 is 1.38 bits per heavy atom. The van der Waals surface area contributed by atoms with Crippen molar-refractivity contribution in [3.05, 3.63) is 26.3 Å². The number of halogens is 2. The number of hydrogen-bond donors (Lipinski definition) is 3. The van der Waals surface area contributed by atoms with Crippen LogP contribution in [0.25, 0.3) is 0 Å². The molecule has 0 aliphatic heterocycles. The van der Waals surface area contributed by atoms with Crippen molar-refractivity contribution in [1.82, 2.24) is 5.32 Å². The van der Waals surface area contributed by atoms with E-state index in [1.807, 2.05) is 22.6 Å². The third-order valence-corrected chi connectivity index (χ3v) is 3.99. The minimum absolute atomic E-state index is 0.0274. The number of ether oxygens (including phenoxy) is 1. The van der Waals surface area contributed by atoms with Crippen LogP contribution in [0.5, 0.6) is 5.75 Å². The zero-order valence-electron chi connectivity index (χ0n) is 10.7. The van der Waals surface area contributed by atoms with Crippen molar-refractivity contribution in [3.63, 3.8) is 0 Å². The van der Waals surface area contributed by atoms with E-state index in [0.717, 1.165) is 0 Å². The van der Waals surface area contributed by atoms with E-state index in [1.165, 1.54) is 19.2 Å². The number of hydrogen-bond acceptors (Lipinski definition) is 4. The lowest BCUT2D eigenvalue weighted by Crippen LogP contribution is -2.42. The van der Waals surface area contributed by atoms with E-state index in [4.69, 9.17) is 26.6 Å². The summed E-state index contributed by atoms with van der Waals surface area (Å²) < 4.78 is 5.69. The number of benzene rings is 1. The summed E-state index contributed by atoms with van der Waals surface area (Å²) in [7, 11) is 1.35. The molecule has 0 radical (unpaired) electrons. The fourth-order valence-corrected chi connectivity index (χ4v) is 2.09. The lowest BCUT2D eigenvalue weighted by atomic mass is 10.1. The molecule has 0 fully saturated rings. The molecule has 7 nitrogen and oxygen atoms in total. The van der Waals surface area contributed by atoms with Crippen molar-refractivity contribution in [2.75, 3.05) is 7.11 Å². The quantitative estimate of drug-likeness (QED) is 0.595. The van der Waals surface area contributed by atoms with Crippen LogP contribution in [0.3, 0.4) is 0 Å². The van der Waals surface area contributed by atoms with Gasteiger partial charge in [0, 0.05) is 3.57 Å². The summed E-state index contributed by atoms with van der Waals surface area (Å²) in [6.07, 6.45) is -0.735. The number of carbonyl (C=O) groups excluding carboxylic acids is 1. The largest absolute Gasteiger partial charge is 0.496 e. The molecular weight excluding hydrogens is 416 g/mol. The summed E-state index contributed by atoms with van der Waals surface area (Å²) in [5.41, 5.74) is 0.0274. The van der Waals surface area contributed by atoms with Crippen molar-refractivity contribution in [3.8, 4) is 5.75 Å². The minimum atomic E-state index is -1.54. The molecule has 0 spiro atoms. The van der Waals surface area contributed by atoms with Gasteiger partial charge in [0.2, 0.25) is 0 Å². The highest BCUT2D eigenvalue weighted by atomic mass is 127. The van der Waals surface area contributed by atoms with Gasteiger partial charge in [-0.3, -0.25) is 9.59 Å². The minimum Gasteiger partial charge on any atom is -0.496 e. The lowest BCUT2D eigenvalue weighted by molar-refractivity contribution is -0.145. The average molecular weight is 428 g/mol. The van der Waals surface area contributed by atoms with Crippen LogP contribution in [0.4, 0.5) is 0 Å². The number of nitrogens with one attached hydrogen (secondary N) is 1. The van der Waals surface area contributed by atoms with Gasteiger partial charge in [-0.15, -0.1) is 0 Å². The molecule has 1 unspecified atom stereocenters. The van der Waals surface area contributed by atoms with Crippen LogP contribution in [-0.4, -0.2) is 41.2 Å². The normalized spacial score (nSPS) is 11.6. The molecule has 21 heavy (non-hydrogen) atoms. The zero-order chi connectivity index (χ0) is 16.2. The topological polar surface area (TPSA) is 113 Å². The maximum Gasteiger partial charge on any atom is 0.326 e. The Balaban J connectivity index is 3.05. The number of methoxy groups -OCH3 is 1. The van der Waals surface area contributed by atoms with Crippen LogP contribution in [0.15, 0.2) is 12.1 Å². The molecule has 0 saturated heterocycles. The molecular formula is C12H11ClINO6. The number of carboxylic acids is 2. The van der Waals surface area contributed by atoms with Gasteiger partial charge < -0.3 is 20.3 Å². The molecule has 0 aromatic heterocycles. The first-order valence-electron chi connectivity index (χ1n) is 5.54. The molecule has 0 heterocycles. The van der Waals surface area contributed by atoms with Crippen molar-refractivity contribution < 1.29 is 29.3 Å². The van der Waals surface area contributed by atoms with E-state index >= 15 is 0 Å². The summed E-state index contributed by atoms with van der Waals surface area (Å²) in [6, 6.07) is 1.31.